The third kappa shape index (κ3) is 3.59. The summed E-state index contributed by atoms with van der Waals surface area (Å²) in [6.45, 7) is 2.39. The SMILES string of the molecule is COc1cccc(CNc2nc3nc(C)c(Cc4ccccc4)c(=O)n3[nH]2)c1. The molecule has 142 valence electrons. The average molecular weight is 375 g/mol. The van der Waals surface area contributed by atoms with Crippen LogP contribution in [0.4, 0.5) is 5.95 Å². The van der Waals surface area contributed by atoms with Gasteiger partial charge >= 0.3 is 0 Å². The Balaban J connectivity index is 1.60. The quantitative estimate of drug-likeness (QED) is 0.541. The molecule has 2 heterocycles. The molecule has 4 aromatic rings. The number of aromatic amines is 1. The van der Waals surface area contributed by atoms with Crippen molar-refractivity contribution in [3.63, 3.8) is 0 Å². The minimum Gasteiger partial charge on any atom is -0.497 e. The Hall–Kier alpha value is -3.61. The first-order valence-electron chi connectivity index (χ1n) is 9.03. The van der Waals surface area contributed by atoms with Gasteiger partial charge in [0.15, 0.2) is 0 Å². The van der Waals surface area contributed by atoms with Crippen LogP contribution in [0.1, 0.15) is 22.4 Å². The highest BCUT2D eigenvalue weighted by Gasteiger charge is 2.13. The lowest BCUT2D eigenvalue weighted by molar-refractivity contribution is 0.414. The summed E-state index contributed by atoms with van der Waals surface area (Å²) in [6, 6.07) is 17.7. The molecule has 0 atom stereocenters. The second kappa shape index (κ2) is 7.56. The molecule has 4 rings (SSSR count). The van der Waals surface area contributed by atoms with Crippen LogP contribution >= 0.6 is 0 Å². The third-order valence-corrected chi connectivity index (χ3v) is 4.61. The lowest BCUT2D eigenvalue weighted by Crippen LogP contribution is -2.22. The second-order valence-electron chi connectivity index (χ2n) is 6.56. The van der Waals surface area contributed by atoms with E-state index in [2.05, 4.69) is 20.4 Å². The largest absolute Gasteiger partial charge is 0.497 e. The minimum atomic E-state index is -0.131. The zero-order valence-electron chi connectivity index (χ0n) is 15.8. The van der Waals surface area contributed by atoms with Crippen LogP contribution in [0.5, 0.6) is 5.75 Å². The van der Waals surface area contributed by atoms with Gasteiger partial charge in [-0.05, 0) is 30.2 Å². The van der Waals surface area contributed by atoms with Gasteiger partial charge in [-0.25, -0.2) is 4.98 Å². The first-order valence-corrected chi connectivity index (χ1v) is 9.03. The normalized spacial score (nSPS) is 10.9. The Kier molecular flexibility index (Phi) is 4.80. The summed E-state index contributed by atoms with van der Waals surface area (Å²) in [5.41, 5.74) is 3.33. The van der Waals surface area contributed by atoms with Gasteiger partial charge in [0.2, 0.25) is 5.95 Å². The number of fused-ring (bicyclic) bond motifs is 1. The summed E-state index contributed by atoms with van der Waals surface area (Å²) < 4.78 is 6.63. The van der Waals surface area contributed by atoms with Crippen molar-refractivity contribution in [2.24, 2.45) is 0 Å². The Morgan fingerprint density at radius 3 is 2.64 bits per heavy atom. The van der Waals surface area contributed by atoms with Gasteiger partial charge in [-0.2, -0.15) is 9.50 Å². The molecule has 28 heavy (non-hydrogen) atoms. The molecular formula is C21H21N5O2. The molecule has 0 unspecified atom stereocenters. The summed E-state index contributed by atoms with van der Waals surface area (Å²) in [4.78, 5) is 21.8. The van der Waals surface area contributed by atoms with E-state index < -0.39 is 0 Å². The topological polar surface area (TPSA) is 84.3 Å². The number of hydrogen-bond donors (Lipinski definition) is 2. The molecule has 0 saturated heterocycles. The van der Waals surface area contributed by atoms with E-state index >= 15 is 0 Å². The number of rotatable bonds is 6. The van der Waals surface area contributed by atoms with Crippen LogP contribution in [-0.4, -0.2) is 26.7 Å². The van der Waals surface area contributed by atoms with Gasteiger partial charge in [-0.15, -0.1) is 0 Å². The molecule has 0 bridgehead atoms. The lowest BCUT2D eigenvalue weighted by Gasteiger charge is -2.05. The van der Waals surface area contributed by atoms with Crippen LogP contribution < -0.4 is 15.6 Å². The van der Waals surface area contributed by atoms with Gasteiger partial charge in [0.25, 0.3) is 11.3 Å². The van der Waals surface area contributed by atoms with E-state index in [-0.39, 0.29) is 5.56 Å². The third-order valence-electron chi connectivity index (χ3n) is 4.61. The maximum Gasteiger partial charge on any atom is 0.277 e. The van der Waals surface area contributed by atoms with E-state index in [1.807, 2.05) is 61.5 Å². The van der Waals surface area contributed by atoms with Gasteiger partial charge in [0.1, 0.15) is 5.75 Å². The highest BCUT2D eigenvalue weighted by molar-refractivity contribution is 5.41. The second-order valence-corrected chi connectivity index (χ2v) is 6.56. The summed E-state index contributed by atoms with van der Waals surface area (Å²) in [6.07, 6.45) is 0.535. The summed E-state index contributed by atoms with van der Waals surface area (Å²) in [5.74, 6) is 1.64. The van der Waals surface area contributed by atoms with Crippen molar-refractivity contribution in [3.05, 3.63) is 87.3 Å². The monoisotopic (exact) mass is 375 g/mol. The summed E-state index contributed by atoms with van der Waals surface area (Å²) in [7, 11) is 1.64. The van der Waals surface area contributed by atoms with Crippen molar-refractivity contribution >= 4 is 11.7 Å². The summed E-state index contributed by atoms with van der Waals surface area (Å²) >= 11 is 0. The molecule has 0 aliphatic rings. The predicted molar refractivity (Wildman–Crippen MR) is 108 cm³/mol. The van der Waals surface area contributed by atoms with E-state index in [0.717, 1.165) is 16.9 Å². The van der Waals surface area contributed by atoms with Crippen molar-refractivity contribution in [3.8, 4) is 5.75 Å². The number of aryl methyl sites for hydroxylation is 1. The van der Waals surface area contributed by atoms with Crippen molar-refractivity contribution in [2.45, 2.75) is 19.9 Å². The highest BCUT2D eigenvalue weighted by Crippen LogP contribution is 2.14. The molecule has 2 N–H and O–H groups in total. The van der Waals surface area contributed by atoms with Crippen LogP contribution in [-0.2, 0) is 13.0 Å². The predicted octanol–water partition coefficient (Wildman–Crippen LogP) is 2.94. The number of anilines is 1. The zero-order valence-corrected chi connectivity index (χ0v) is 15.8. The number of nitrogens with zero attached hydrogens (tertiary/aromatic N) is 3. The highest BCUT2D eigenvalue weighted by atomic mass is 16.5. The molecule has 0 aliphatic carbocycles. The van der Waals surface area contributed by atoms with Gasteiger partial charge in [0.05, 0.1) is 12.8 Å². The van der Waals surface area contributed by atoms with Crippen LogP contribution in [0.15, 0.2) is 59.4 Å². The van der Waals surface area contributed by atoms with E-state index in [4.69, 9.17) is 4.74 Å². The van der Waals surface area contributed by atoms with Crippen molar-refractivity contribution in [1.82, 2.24) is 19.6 Å². The van der Waals surface area contributed by atoms with Crippen LogP contribution in [0.25, 0.3) is 5.78 Å². The lowest BCUT2D eigenvalue weighted by atomic mass is 10.1. The number of ether oxygens (including phenoxy) is 1. The van der Waals surface area contributed by atoms with E-state index in [1.54, 1.807) is 7.11 Å². The van der Waals surface area contributed by atoms with Gasteiger partial charge in [-0.1, -0.05) is 42.5 Å². The van der Waals surface area contributed by atoms with Crippen LogP contribution in [0.3, 0.4) is 0 Å². The number of H-pyrrole nitrogens is 1. The minimum absolute atomic E-state index is 0.131. The molecular weight excluding hydrogens is 354 g/mol. The van der Waals surface area contributed by atoms with E-state index in [1.165, 1.54) is 4.52 Å². The molecule has 0 radical (unpaired) electrons. The smallest absolute Gasteiger partial charge is 0.277 e. The van der Waals surface area contributed by atoms with E-state index in [9.17, 15) is 4.79 Å². The number of hydrogen-bond acceptors (Lipinski definition) is 5. The number of aromatic nitrogens is 4. The number of nitrogens with one attached hydrogen (secondary N) is 2. The fraction of sp³-hybridized carbons (Fsp3) is 0.190. The zero-order chi connectivity index (χ0) is 19.5. The maximum atomic E-state index is 12.9. The molecule has 7 nitrogen and oxygen atoms in total. The van der Waals surface area contributed by atoms with Crippen molar-refractivity contribution in [2.75, 3.05) is 12.4 Å². The standard InChI is InChI=1S/C21H21N5O2/c1-14-18(12-15-7-4-3-5-8-15)19(27)26-21(23-14)24-20(25-26)22-13-16-9-6-10-17(11-16)28-2/h3-11H,12-13H2,1-2H3,(H2,22,23,24,25). The van der Waals surface area contributed by atoms with Crippen molar-refractivity contribution in [1.29, 1.82) is 0 Å². The Bertz CT molecular complexity index is 1160. The molecule has 0 saturated carbocycles. The van der Waals surface area contributed by atoms with E-state index in [0.29, 0.717) is 35.9 Å². The number of benzene rings is 2. The first kappa shape index (κ1) is 17.8. The average Bonchev–Trinajstić information content (AvgIpc) is 3.13. The molecule has 7 heteroatoms. The Labute approximate surface area is 162 Å². The van der Waals surface area contributed by atoms with Crippen LogP contribution in [0, 0.1) is 6.92 Å². The van der Waals surface area contributed by atoms with Gasteiger partial charge in [-0.3, -0.25) is 9.89 Å². The van der Waals surface area contributed by atoms with Crippen molar-refractivity contribution < 1.29 is 4.74 Å². The fourth-order valence-corrected chi connectivity index (χ4v) is 3.11. The summed E-state index contributed by atoms with van der Waals surface area (Å²) in [5, 5.41) is 6.20. The van der Waals surface area contributed by atoms with Crippen LogP contribution in [0.2, 0.25) is 0 Å². The molecule has 0 amide bonds. The molecule has 0 fully saturated rings. The molecule has 2 aromatic carbocycles. The maximum absolute atomic E-state index is 12.9. The van der Waals surface area contributed by atoms with Gasteiger partial charge in [0, 0.05) is 18.5 Å². The Morgan fingerprint density at radius 2 is 1.86 bits per heavy atom. The molecule has 0 aliphatic heterocycles. The molecule has 2 aromatic heterocycles. The number of methoxy groups -OCH3 is 1. The van der Waals surface area contributed by atoms with Gasteiger partial charge < -0.3 is 10.1 Å². The first-order chi connectivity index (χ1) is 13.6. The Morgan fingerprint density at radius 1 is 1.07 bits per heavy atom. The fourth-order valence-electron chi connectivity index (χ4n) is 3.11. The molecule has 0 spiro atoms.